The van der Waals surface area contributed by atoms with Gasteiger partial charge in [-0.15, -0.1) is 12.4 Å². The molecule has 3 amide bonds. The van der Waals surface area contributed by atoms with E-state index in [9.17, 15) is 24.0 Å². The molecular formula is C28H32ClN5O7. The number of rotatable bonds is 11. The van der Waals surface area contributed by atoms with Gasteiger partial charge < -0.3 is 35.7 Å². The Hall–Kier alpha value is -4.84. The van der Waals surface area contributed by atoms with Gasteiger partial charge in [-0.2, -0.15) is 0 Å². The Bertz CT molecular complexity index is 1420. The van der Waals surface area contributed by atoms with E-state index in [1.54, 1.807) is 66.3 Å². The zero-order valence-corrected chi connectivity index (χ0v) is 23.6. The van der Waals surface area contributed by atoms with Gasteiger partial charge in [-0.3, -0.25) is 19.2 Å². The van der Waals surface area contributed by atoms with Gasteiger partial charge in [0.15, 0.2) is 0 Å². The summed E-state index contributed by atoms with van der Waals surface area (Å²) < 4.78 is 10.9. The van der Waals surface area contributed by atoms with Gasteiger partial charge >= 0.3 is 11.9 Å². The number of hydrogen-bond donors (Lipinski definition) is 4. The van der Waals surface area contributed by atoms with Crippen molar-refractivity contribution in [3.63, 3.8) is 0 Å². The minimum absolute atomic E-state index is 0. The first-order valence-corrected chi connectivity index (χ1v) is 12.3. The van der Waals surface area contributed by atoms with Crippen LogP contribution in [0.3, 0.4) is 0 Å². The average molecular weight is 586 g/mol. The SMILES string of the molecule is COC(=O)CCC(NC(=O)Cc1cccc(NC(=O)c2cc(NC(=O)c3cccc(N)c3)cn2C)c1)C(=O)OC.Cl. The van der Waals surface area contributed by atoms with Crippen molar-refractivity contribution in [2.45, 2.75) is 25.3 Å². The third-order valence-electron chi connectivity index (χ3n) is 5.88. The molecule has 2 aromatic carbocycles. The molecule has 0 saturated heterocycles. The third-order valence-corrected chi connectivity index (χ3v) is 5.88. The maximum atomic E-state index is 13.0. The highest BCUT2D eigenvalue weighted by molar-refractivity contribution is 6.07. The molecule has 0 spiro atoms. The summed E-state index contributed by atoms with van der Waals surface area (Å²) in [7, 11) is 4.09. The molecule has 3 rings (SSSR count). The van der Waals surface area contributed by atoms with Crippen LogP contribution in [0.2, 0.25) is 0 Å². The minimum atomic E-state index is -1.01. The lowest BCUT2D eigenvalue weighted by molar-refractivity contribution is -0.146. The van der Waals surface area contributed by atoms with Crippen molar-refractivity contribution < 1.29 is 33.4 Å². The van der Waals surface area contributed by atoms with Gasteiger partial charge in [-0.1, -0.05) is 18.2 Å². The molecule has 0 radical (unpaired) electrons. The van der Waals surface area contributed by atoms with E-state index >= 15 is 0 Å². The molecule has 1 atom stereocenters. The molecule has 1 heterocycles. The predicted molar refractivity (Wildman–Crippen MR) is 155 cm³/mol. The molecule has 0 aliphatic carbocycles. The monoisotopic (exact) mass is 585 g/mol. The van der Waals surface area contributed by atoms with Crippen molar-refractivity contribution in [1.29, 1.82) is 0 Å². The number of carbonyl (C=O) groups is 5. The number of esters is 2. The number of anilines is 3. The Morgan fingerprint density at radius 3 is 2.29 bits per heavy atom. The molecule has 1 unspecified atom stereocenters. The number of nitrogens with zero attached hydrogens (tertiary/aromatic N) is 1. The van der Waals surface area contributed by atoms with E-state index in [1.807, 2.05) is 0 Å². The third kappa shape index (κ3) is 9.39. The fraction of sp³-hybridized carbons (Fsp3) is 0.250. The van der Waals surface area contributed by atoms with Crippen LogP contribution in [0.5, 0.6) is 0 Å². The highest BCUT2D eigenvalue weighted by atomic mass is 35.5. The minimum Gasteiger partial charge on any atom is -0.469 e. The number of ether oxygens (including phenoxy) is 2. The van der Waals surface area contributed by atoms with Crippen molar-refractivity contribution in [3.8, 4) is 0 Å². The van der Waals surface area contributed by atoms with Gasteiger partial charge in [0.1, 0.15) is 11.7 Å². The second kappa shape index (κ2) is 15.1. The lowest BCUT2D eigenvalue weighted by atomic mass is 10.1. The number of aryl methyl sites for hydroxylation is 1. The van der Waals surface area contributed by atoms with Gasteiger partial charge in [0.2, 0.25) is 5.91 Å². The van der Waals surface area contributed by atoms with E-state index in [0.717, 1.165) is 0 Å². The molecule has 12 nitrogen and oxygen atoms in total. The standard InChI is InChI=1S/C28H31N5O7.ClH/c1-33-16-21(31-26(36)18-7-5-8-19(29)14-18)15-23(33)27(37)30-20-9-4-6-17(12-20)13-24(34)32-22(28(38)40-3)10-11-25(35)39-2;/h4-9,12,14-16,22H,10-11,13,29H2,1-3H3,(H,30,37)(H,31,36)(H,32,34);1H. The number of amides is 3. The summed E-state index contributed by atoms with van der Waals surface area (Å²) >= 11 is 0. The van der Waals surface area contributed by atoms with Crippen LogP contribution in [-0.4, -0.2) is 54.5 Å². The van der Waals surface area contributed by atoms with Crippen LogP contribution < -0.4 is 21.7 Å². The van der Waals surface area contributed by atoms with Gasteiger partial charge in [-0.05, 0) is 48.4 Å². The average Bonchev–Trinajstić information content (AvgIpc) is 3.30. The number of nitrogens with one attached hydrogen (secondary N) is 3. The number of aromatic nitrogens is 1. The predicted octanol–water partition coefficient (Wildman–Crippen LogP) is 2.69. The Kier molecular flexibility index (Phi) is 11.9. The first kappa shape index (κ1) is 32.4. The smallest absolute Gasteiger partial charge is 0.328 e. The van der Waals surface area contributed by atoms with Crippen LogP contribution in [0.1, 0.15) is 39.3 Å². The van der Waals surface area contributed by atoms with E-state index in [1.165, 1.54) is 20.3 Å². The molecule has 218 valence electrons. The van der Waals surface area contributed by atoms with Crippen molar-refractivity contribution in [1.82, 2.24) is 9.88 Å². The van der Waals surface area contributed by atoms with E-state index in [-0.39, 0.29) is 43.3 Å². The fourth-order valence-corrected chi connectivity index (χ4v) is 3.88. The van der Waals surface area contributed by atoms with Gasteiger partial charge in [-0.25, -0.2) is 4.79 Å². The largest absolute Gasteiger partial charge is 0.469 e. The Labute approximate surface area is 243 Å². The number of carbonyl (C=O) groups excluding carboxylic acids is 5. The highest BCUT2D eigenvalue weighted by Gasteiger charge is 2.23. The summed E-state index contributed by atoms with van der Waals surface area (Å²) in [6.45, 7) is 0. The fourth-order valence-electron chi connectivity index (χ4n) is 3.88. The lowest BCUT2D eigenvalue weighted by Gasteiger charge is -2.16. The molecule has 5 N–H and O–H groups in total. The van der Waals surface area contributed by atoms with E-state index in [0.29, 0.717) is 28.2 Å². The van der Waals surface area contributed by atoms with Crippen LogP contribution in [0.4, 0.5) is 17.1 Å². The molecule has 0 fully saturated rings. The zero-order chi connectivity index (χ0) is 29.2. The highest BCUT2D eigenvalue weighted by Crippen LogP contribution is 2.18. The Balaban J connectivity index is 0.00000588. The second-order valence-corrected chi connectivity index (χ2v) is 8.89. The van der Waals surface area contributed by atoms with Gasteiger partial charge in [0.05, 0.1) is 26.3 Å². The van der Waals surface area contributed by atoms with Gasteiger partial charge in [0, 0.05) is 36.6 Å². The molecule has 13 heteroatoms. The van der Waals surface area contributed by atoms with E-state index in [4.69, 9.17) is 10.5 Å². The van der Waals surface area contributed by atoms with Crippen LogP contribution >= 0.6 is 12.4 Å². The van der Waals surface area contributed by atoms with Crippen LogP contribution in [0.25, 0.3) is 0 Å². The van der Waals surface area contributed by atoms with Crippen molar-refractivity contribution in [2.75, 3.05) is 30.6 Å². The van der Waals surface area contributed by atoms with Crippen molar-refractivity contribution >= 4 is 59.1 Å². The molecule has 3 aromatic rings. The second-order valence-electron chi connectivity index (χ2n) is 8.89. The lowest BCUT2D eigenvalue weighted by Crippen LogP contribution is -2.42. The molecule has 0 aliphatic heterocycles. The number of methoxy groups -OCH3 is 2. The zero-order valence-electron chi connectivity index (χ0n) is 22.8. The molecule has 41 heavy (non-hydrogen) atoms. The van der Waals surface area contributed by atoms with Crippen molar-refractivity contribution in [2.24, 2.45) is 7.05 Å². The molecule has 1 aromatic heterocycles. The first-order valence-electron chi connectivity index (χ1n) is 12.3. The van der Waals surface area contributed by atoms with Gasteiger partial charge in [0.25, 0.3) is 11.8 Å². The summed E-state index contributed by atoms with van der Waals surface area (Å²) in [4.78, 5) is 61.5. The number of halogens is 1. The first-order chi connectivity index (χ1) is 19.1. The summed E-state index contributed by atoms with van der Waals surface area (Å²) in [5.74, 6) is -2.45. The van der Waals surface area contributed by atoms with E-state index < -0.39 is 29.8 Å². The Morgan fingerprint density at radius 2 is 1.61 bits per heavy atom. The molecule has 0 aliphatic rings. The Morgan fingerprint density at radius 1 is 0.902 bits per heavy atom. The summed E-state index contributed by atoms with van der Waals surface area (Å²) in [6.07, 6.45) is 1.49. The molecule has 0 bridgehead atoms. The maximum absolute atomic E-state index is 13.0. The van der Waals surface area contributed by atoms with Crippen LogP contribution in [0, 0.1) is 0 Å². The number of nitrogen functional groups attached to an aromatic ring is 1. The quantitative estimate of drug-likeness (QED) is 0.196. The van der Waals surface area contributed by atoms with E-state index in [2.05, 4.69) is 20.7 Å². The summed E-state index contributed by atoms with van der Waals surface area (Å²) in [5.41, 5.74) is 8.32. The van der Waals surface area contributed by atoms with Crippen LogP contribution in [0.15, 0.2) is 60.8 Å². The number of benzene rings is 2. The maximum Gasteiger partial charge on any atom is 0.328 e. The van der Waals surface area contributed by atoms with Crippen LogP contribution in [-0.2, 0) is 37.3 Å². The molecule has 0 saturated carbocycles. The normalized spacial score (nSPS) is 10.9. The summed E-state index contributed by atoms with van der Waals surface area (Å²) in [5, 5.41) is 8.09. The summed E-state index contributed by atoms with van der Waals surface area (Å²) in [6, 6.07) is 13.7. The van der Waals surface area contributed by atoms with Crippen molar-refractivity contribution in [3.05, 3.63) is 77.6 Å². The number of hydrogen-bond acceptors (Lipinski definition) is 8. The molecular weight excluding hydrogens is 554 g/mol. The topological polar surface area (TPSA) is 171 Å². The number of nitrogens with two attached hydrogens (primary N) is 1.